The van der Waals surface area contributed by atoms with Crippen molar-refractivity contribution in [3.63, 3.8) is 0 Å². The van der Waals surface area contributed by atoms with E-state index in [9.17, 15) is 4.39 Å². The summed E-state index contributed by atoms with van der Waals surface area (Å²) in [5.41, 5.74) is 3.53. The van der Waals surface area contributed by atoms with Crippen LogP contribution >= 0.6 is 0 Å². The second-order valence-electron chi connectivity index (χ2n) is 7.87. The van der Waals surface area contributed by atoms with Gasteiger partial charge < -0.3 is 14.2 Å². The first-order valence-corrected chi connectivity index (χ1v) is 10.5. The molecular weight excluding hydrogens is 393 g/mol. The van der Waals surface area contributed by atoms with E-state index in [1.54, 1.807) is 0 Å². The van der Waals surface area contributed by atoms with Crippen LogP contribution in [-0.2, 0) is 6.54 Å². The van der Waals surface area contributed by atoms with Gasteiger partial charge in [-0.05, 0) is 41.0 Å². The Balaban J connectivity index is 1.34. The molecule has 0 bridgehead atoms. The van der Waals surface area contributed by atoms with Crippen LogP contribution in [0.1, 0.15) is 11.1 Å². The van der Waals surface area contributed by atoms with Gasteiger partial charge in [-0.3, -0.25) is 4.90 Å². The minimum Gasteiger partial charge on any atom is -0.493 e. The molecule has 5 heteroatoms. The molecule has 0 fully saturated rings. The van der Waals surface area contributed by atoms with Crippen molar-refractivity contribution in [2.75, 3.05) is 26.5 Å². The number of benzene rings is 3. The fraction of sp³-hybridized carbons (Fsp3) is 0.231. The second kappa shape index (κ2) is 8.82. The van der Waals surface area contributed by atoms with Gasteiger partial charge in [-0.15, -0.1) is 0 Å². The minimum absolute atomic E-state index is 0.161. The van der Waals surface area contributed by atoms with Gasteiger partial charge in [0.15, 0.2) is 11.5 Å². The first-order valence-electron chi connectivity index (χ1n) is 10.5. The largest absolute Gasteiger partial charge is 0.493 e. The third-order valence-corrected chi connectivity index (χ3v) is 5.71. The maximum Gasteiger partial charge on any atom is 0.231 e. The number of fused-ring (bicyclic) bond motifs is 1. The Morgan fingerprint density at radius 3 is 2.58 bits per heavy atom. The molecule has 5 rings (SSSR count). The summed E-state index contributed by atoms with van der Waals surface area (Å²) < 4.78 is 30.5. The van der Waals surface area contributed by atoms with E-state index < -0.39 is 0 Å². The predicted molar refractivity (Wildman–Crippen MR) is 118 cm³/mol. The van der Waals surface area contributed by atoms with Gasteiger partial charge in [0.05, 0.1) is 6.61 Å². The minimum atomic E-state index is -0.223. The standard InChI is InChI=1S/C26H24FNO3/c27-22-8-6-20(7-9-22)24-12-13-28(15-19-4-2-1-3-5-19)16-21(24)17-29-23-10-11-25-26(14-23)31-18-30-25/h1-12,14,21H,13,15-18H2. The first-order chi connectivity index (χ1) is 15.2. The topological polar surface area (TPSA) is 30.9 Å². The quantitative estimate of drug-likeness (QED) is 0.555. The van der Waals surface area contributed by atoms with Gasteiger partial charge in [0.25, 0.3) is 0 Å². The zero-order chi connectivity index (χ0) is 21.0. The SMILES string of the molecule is Fc1ccc(C2=CCN(Cc3ccccc3)CC2COc2ccc3c(c2)OCO3)cc1. The number of ether oxygens (including phenoxy) is 3. The van der Waals surface area contributed by atoms with E-state index in [4.69, 9.17) is 14.2 Å². The molecule has 2 aliphatic heterocycles. The number of nitrogens with zero attached hydrogens (tertiary/aromatic N) is 1. The highest BCUT2D eigenvalue weighted by Gasteiger charge is 2.25. The molecule has 1 unspecified atom stereocenters. The molecule has 0 saturated carbocycles. The molecule has 2 heterocycles. The van der Waals surface area contributed by atoms with E-state index >= 15 is 0 Å². The Morgan fingerprint density at radius 2 is 1.74 bits per heavy atom. The van der Waals surface area contributed by atoms with Crippen LogP contribution in [0, 0.1) is 11.7 Å². The van der Waals surface area contributed by atoms with E-state index in [2.05, 4.69) is 35.2 Å². The third kappa shape index (κ3) is 4.57. The molecule has 0 amide bonds. The zero-order valence-electron chi connectivity index (χ0n) is 17.2. The summed E-state index contributed by atoms with van der Waals surface area (Å²) in [4.78, 5) is 2.41. The van der Waals surface area contributed by atoms with Gasteiger partial charge >= 0.3 is 0 Å². The Morgan fingerprint density at radius 1 is 0.935 bits per heavy atom. The van der Waals surface area contributed by atoms with Crippen molar-refractivity contribution in [3.05, 3.63) is 95.8 Å². The molecule has 3 aromatic carbocycles. The lowest BCUT2D eigenvalue weighted by Gasteiger charge is -2.33. The summed E-state index contributed by atoms with van der Waals surface area (Å²) >= 11 is 0. The Kier molecular flexibility index (Phi) is 5.59. The van der Waals surface area contributed by atoms with Gasteiger partial charge in [0, 0.05) is 31.6 Å². The van der Waals surface area contributed by atoms with E-state index in [0.717, 1.165) is 36.7 Å². The summed E-state index contributed by atoms with van der Waals surface area (Å²) in [5.74, 6) is 2.14. The Hall–Kier alpha value is -3.31. The summed E-state index contributed by atoms with van der Waals surface area (Å²) in [6.07, 6.45) is 2.24. The van der Waals surface area contributed by atoms with Crippen molar-refractivity contribution < 1.29 is 18.6 Å². The lowest BCUT2D eigenvalue weighted by Crippen LogP contribution is -2.36. The maximum absolute atomic E-state index is 13.5. The zero-order valence-corrected chi connectivity index (χ0v) is 17.2. The fourth-order valence-corrected chi connectivity index (χ4v) is 4.15. The number of halogens is 1. The van der Waals surface area contributed by atoms with Crippen molar-refractivity contribution in [1.29, 1.82) is 0 Å². The van der Waals surface area contributed by atoms with Gasteiger partial charge in [-0.2, -0.15) is 0 Å². The molecule has 0 aliphatic carbocycles. The smallest absolute Gasteiger partial charge is 0.231 e. The third-order valence-electron chi connectivity index (χ3n) is 5.71. The normalized spacial score (nSPS) is 18.0. The van der Waals surface area contributed by atoms with Crippen LogP contribution in [0.3, 0.4) is 0 Å². The van der Waals surface area contributed by atoms with Crippen LogP contribution < -0.4 is 14.2 Å². The van der Waals surface area contributed by atoms with E-state index in [-0.39, 0.29) is 18.5 Å². The Labute approximate surface area is 181 Å². The maximum atomic E-state index is 13.5. The molecule has 0 saturated heterocycles. The fourth-order valence-electron chi connectivity index (χ4n) is 4.15. The van der Waals surface area contributed by atoms with E-state index in [1.165, 1.54) is 23.3 Å². The van der Waals surface area contributed by atoms with Gasteiger partial charge in [-0.1, -0.05) is 48.5 Å². The highest BCUT2D eigenvalue weighted by Crippen LogP contribution is 2.36. The molecule has 3 aromatic rings. The van der Waals surface area contributed by atoms with Crippen molar-refractivity contribution >= 4 is 5.57 Å². The van der Waals surface area contributed by atoms with Crippen LogP contribution in [0.5, 0.6) is 17.2 Å². The Bertz CT molecular complexity index is 1070. The number of hydrogen-bond acceptors (Lipinski definition) is 4. The first kappa shape index (κ1) is 19.6. The summed E-state index contributed by atoms with van der Waals surface area (Å²) in [7, 11) is 0. The molecule has 1 atom stereocenters. The average Bonchev–Trinajstić information content (AvgIpc) is 3.27. The summed E-state index contributed by atoms with van der Waals surface area (Å²) in [5, 5.41) is 0. The molecule has 31 heavy (non-hydrogen) atoms. The highest BCUT2D eigenvalue weighted by atomic mass is 19.1. The van der Waals surface area contributed by atoms with Crippen molar-refractivity contribution in [2.24, 2.45) is 5.92 Å². The summed E-state index contributed by atoms with van der Waals surface area (Å²) in [6, 6.07) is 22.8. The predicted octanol–water partition coefficient (Wildman–Crippen LogP) is 5.15. The van der Waals surface area contributed by atoms with Gasteiger partial charge in [-0.25, -0.2) is 4.39 Å². The van der Waals surface area contributed by atoms with Crippen LogP contribution in [-0.4, -0.2) is 31.4 Å². The number of rotatable bonds is 6. The van der Waals surface area contributed by atoms with Crippen LogP contribution in [0.25, 0.3) is 5.57 Å². The van der Waals surface area contributed by atoms with Gasteiger partial charge in [0.2, 0.25) is 6.79 Å². The van der Waals surface area contributed by atoms with Crippen LogP contribution in [0.4, 0.5) is 4.39 Å². The molecule has 4 nitrogen and oxygen atoms in total. The molecule has 0 spiro atoms. The second-order valence-corrected chi connectivity index (χ2v) is 7.87. The molecule has 0 radical (unpaired) electrons. The molecular formula is C26H24FNO3. The summed E-state index contributed by atoms with van der Waals surface area (Å²) in [6.45, 7) is 3.36. The lowest BCUT2D eigenvalue weighted by atomic mass is 9.89. The van der Waals surface area contributed by atoms with Crippen molar-refractivity contribution in [1.82, 2.24) is 4.90 Å². The molecule has 0 N–H and O–H groups in total. The monoisotopic (exact) mass is 417 g/mol. The lowest BCUT2D eigenvalue weighted by molar-refractivity contribution is 0.173. The molecule has 2 aliphatic rings. The van der Waals surface area contributed by atoms with Crippen molar-refractivity contribution in [2.45, 2.75) is 6.54 Å². The van der Waals surface area contributed by atoms with Gasteiger partial charge in [0.1, 0.15) is 11.6 Å². The van der Waals surface area contributed by atoms with Crippen LogP contribution in [0.15, 0.2) is 78.9 Å². The highest BCUT2D eigenvalue weighted by molar-refractivity contribution is 5.68. The average molecular weight is 417 g/mol. The van der Waals surface area contributed by atoms with Crippen molar-refractivity contribution in [3.8, 4) is 17.2 Å². The molecule has 158 valence electrons. The molecule has 0 aromatic heterocycles. The van der Waals surface area contributed by atoms with E-state index in [0.29, 0.717) is 12.4 Å². The van der Waals surface area contributed by atoms with E-state index in [1.807, 2.05) is 36.4 Å². The number of hydrogen-bond donors (Lipinski definition) is 0. The van der Waals surface area contributed by atoms with Crippen LogP contribution in [0.2, 0.25) is 0 Å².